The Morgan fingerprint density at radius 2 is 2.15 bits per heavy atom. The fourth-order valence-corrected chi connectivity index (χ4v) is 2.88. The van der Waals surface area contributed by atoms with Gasteiger partial charge in [0.15, 0.2) is 0 Å². The lowest BCUT2D eigenvalue weighted by Crippen LogP contribution is -1.68. The van der Waals surface area contributed by atoms with Crippen molar-refractivity contribution in [3.05, 3.63) is 34.5 Å². The largest absolute Gasteiger partial charge is 0.198 e. The predicted molar refractivity (Wildman–Crippen MR) is 56.9 cm³/mol. The van der Waals surface area contributed by atoms with Crippen molar-refractivity contribution in [3.8, 4) is 15.8 Å². The lowest BCUT2D eigenvalue weighted by molar-refractivity contribution is 1.32. The minimum Gasteiger partial charge on any atom is -0.198 e. The van der Waals surface area contributed by atoms with Gasteiger partial charge in [-0.05, 0) is 23.6 Å². The van der Waals surface area contributed by atoms with Crippen molar-refractivity contribution in [2.75, 3.05) is 0 Å². The monoisotopic (exact) mass is 205 g/mol. The van der Waals surface area contributed by atoms with Crippen molar-refractivity contribution in [2.45, 2.75) is 6.42 Å². The number of rotatable bonds is 2. The maximum absolute atomic E-state index is 8.52. The first-order chi connectivity index (χ1) is 6.40. The van der Waals surface area contributed by atoms with E-state index in [0.717, 1.165) is 4.88 Å². The molecule has 0 fully saturated rings. The van der Waals surface area contributed by atoms with Gasteiger partial charge in [0.2, 0.25) is 0 Å². The van der Waals surface area contributed by atoms with E-state index >= 15 is 0 Å². The van der Waals surface area contributed by atoms with Gasteiger partial charge in [-0.1, -0.05) is 6.07 Å². The molecule has 0 radical (unpaired) electrons. The Bertz CT molecular complexity index is 420. The molecule has 1 nitrogen and oxygen atoms in total. The molecule has 0 saturated carbocycles. The van der Waals surface area contributed by atoms with E-state index < -0.39 is 0 Å². The number of nitriles is 1. The summed E-state index contributed by atoms with van der Waals surface area (Å²) in [5, 5.41) is 10.6. The van der Waals surface area contributed by atoms with E-state index in [1.54, 1.807) is 22.7 Å². The smallest absolute Gasteiger partial charge is 0.0695 e. The van der Waals surface area contributed by atoms with Crippen LogP contribution >= 0.6 is 22.7 Å². The molecule has 3 heteroatoms. The summed E-state index contributed by atoms with van der Waals surface area (Å²) >= 11 is 3.44. The maximum Gasteiger partial charge on any atom is 0.0695 e. The number of thiophene rings is 2. The third-order valence-electron chi connectivity index (χ3n) is 1.68. The Morgan fingerprint density at radius 3 is 2.85 bits per heavy atom. The van der Waals surface area contributed by atoms with Crippen LogP contribution in [0.3, 0.4) is 0 Å². The second-order valence-corrected chi connectivity index (χ2v) is 4.69. The van der Waals surface area contributed by atoms with Crippen LogP contribution < -0.4 is 0 Å². The molecule has 0 amide bonds. The summed E-state index contributed by atoms with van der Waals surface area (Å²) in [7, 11) is 0. The Morgan fingerprint density at radius 1 is 1.23 bits per heavy atom. The molecule has 0 saturated heterocycles. The number of nitrogens with zero attached hydrogens (tertiary/aromatic N) is 1. The van der Waals surface area contributed by atoms with E-state index in [0.29, 0.717) is 6.42 Å². The van der Waals surface area contributed by atoms with E-state index in [-0.39, 0.29) is 0 Å². The molecule has 2 aromatic heterocycles. The molecule has 2 aromatic rings. The van der Waals surface area contributed by atoms with Crippen LogP contribution in [-0.4, -0.2) is 0 Å². The summed E-state index contributed by atoms with van der Waals surface area (Å²) < 4.78 is 0. The van der Waals surface area contributed by atoms with Crippen molar-refractivity contribution < 1.29 is 0 Å². The molecule has 0 aromatic carbocycles. The molecule has 0 aliphatic rings. The summed E-state index contributed by atoms with van der Waals surface area (Å²) in [5.41, 5.74) is 0. The van der Waals surface area contributed by atoms with Crippen molar-refractivity contribution in [1.29, 1.82) is 5.26 Å². The van der Waals surface area contributed by atoms with Crippen molar-refractivity contribution in [3.63, 3.8) is 0 Å². The van der Waals surface area contributed by atoms with Gasteiger partial charge in [0.25, 0.3) is 0 Å². The van der Waals surface area contributed by atoms with Crippen LogP contribution in [0.1, 0.15) is 4.88 Å². The first kappa shape index (κ1) is 8.49. The van der Waals surface area contributed by atoms with Crippen LogP contribution in [-0.2, 0) is 6.42 Å². The summed E-state index contributed by atoms with van der Waals surface area (Å²) in [6.45, 7) is 0. The topological polar surface area (TPSA) is 23.8 Å². The highest BCUT2D eigenvalue weighted by atomic mass is 32.1. The highest BCUT2D eigenvalue weighted by Gasteiger charge is 2.02. The molecule has 13 heavy (non-hydrogen) atoms. The fourth-order valence-electron chi connectivity index (χ4n) is 1.10. The number of hydrogen-bond acceptors (Lipinski definition) is 3. The molecular weight excluding hydrogens is 198 g/mol. The maximum atomic E-state index is 8.52. The van der Waals surface area contributed by atoms with Gasteiger partial charge >= 0.3 is 0 Å². The molecule has 0 unspecified atom stereocenters. The minimum absolute atomic E-state index is 0.524. The van der Waals surface area contributed by atoms with Gasteiger partial charge in [-0.3, -0.25) is 0 Å². The standard InChI is InChI=1S/C10H7NS2/c11-6-5-8-3-4-10(13-8)9-2-1-7-12-9/h1-4,7H,5H2. The Balaban J connectivity index is 2.29. The fraction of sp³-hybridized carbons (Fsp3) is 0.100. The van der Waals surface area contributed by atoms with Crippen LogP contribution in [0.4, 0.5) is 0 Å². The quantitative estimate of drug-likeness (QED) is 0.735. The minimum atomic E-state index is 0.524. The summed E-state index contributed by atoms with van der Waals surface area (Å²) in [5.74, 6) is 0. The van der Waals surface area contributed by atoms with Crippen LogP contribution in [0.2, 0.25) is 0 Å². The summed E-state index contributed by atoms with van der Waals surface area (Å²) in [4.78, 5) is 3.69. The van der Waals surface area contributed by atoms with Gasteiger partial charge in [0, 0.05) is 14.6 Å². The zero-order chi connectivity index (χ0) is 9.10. The third kappa shape index (κ3) is 1.80. The molecule has 0 aliphatic carbocycles. The van der Waals surface area contributed by atoms with Gasteiger partial charge in [-0.15, -0.1) is 22.7 Å². The van der Waals surface area contributed by atoms with Gasteiger partial charge in [-0.25, -0.2) is 0 Å². The van der Waals surface area contributed by atoms with Gasteiger partial charge < -0.3 is 0 Å². The van der Waals surface area contributed by atoms with Gasteiger partial charge in [0.1, 0.15) is 0 Å². The highest BCUT2D eigenvalue weighted by molar-refractivity contribution is 7.21. The SMILES string of the molecule is N#CCc1ccc(-c2cccs2)s1. The molecule has 64 valence electrons. The lowest BCUT2D eigenvalue weighted by Gasteiger charge is -1.87. The zero-order valence-corrected chi connectivity index (χ0v) is 8.49. The van der Waals surface area contributed by atoms with Gasteiger partial charge in [0.05, 0.1) is 12.5 Å². The molecule has 2 heterocycles. The highest BCUT2D eigenvalue weighted by Crippen LogP contribution is 2.31. The zero-order valence-electron chi connectivity index (χ0n) is 6.86. The first-order valence-electron chi connectivity index (χ1n) is 3.89. The third-order valence-corrected chi connectivity index (χ3v) is 3.83. The van der Waals surface area contributed by atoms with E-state index in [2.05, 4.69) is 23.6 Å². The normalized spacial score (nSPS) is 9.77. The Labute approximate surface area is 84.9 Å². The van der Waals surface area contributed by atoms with Crippen molar-refractivity contribution in [2.24, 2.45) is 0 Å². The molecule has 0 aliphatic heterocycles. The van der Waals surface area contributed by atoms with Crippen molar-refractivity contribution in [1.82, 2.24) is 0 Å². The molecule has 2 rings (SSSR count). The molecule has 0 N–H and O–H groups in total. The molecule has 0 atom stereocenters. The second kappa shape index (κ2) is 3.73. The summed E-state index contributed by atoms with van der Waals surface area (Å²) in [6.07, 6.45) is 0.524. The Kier molecular flexibility index (Phi) is 2.44. The van der Waals surface area contributed by atoms with E-state index in [1.165, 1.54) is 9.75 Å². The molecule has 0 spiro atoms. The lowest BCUT2D eigenvalue weighted by atomic mass is 10.3. The molecular formula is C10H7NS2. The van der Waals surface area contributed by atoms with E-state index in [1.807, 2.05) is 12.1 Å². The van der Waals surface area contributed by atoms with E-state index in [9.17, 15) is 0 Å². The van der Waals surface area contributed by atoms with Crippen LogP contribution in [0.5, 0.6) is 0 Å². The van der Waals surface area contributed by atoms with Gasteiger partial charge in [-0.2, -0.15) is 5.26 Å². The van der Waals surface area contributed by atoms with E-state index in [4.69, 9.17) is 5.26 Å². The van der Waals surface area contributed by atoms with Crippen LogP contribution in [0.15, 0.2) is 29.6 Å². The average molecular weight is 205 g/mol. The van der Waals surface area contributed by atoms with Crippen LogP contribution in [0.25, 0.3) is 9.75 Å². The Hall–Kier alpha value is -1.11. The number of hydrogen-bond donors (Lipinski definition) is 0. The second-order valence-electron chi connectivity index (χ2n) is 2.58. The first-order valence-corrected chi connectivity index (χ1v) is 5.59. The average Bonchev–Trinajstić information content (AvgIpc) is 2.70. The summed E-state index contributed by atoms with van der Waals surface area (Å²) in [6, 6.07) is 10.4. The van der Waals surface area contributed by atoms with Crippen molar-refractivity contribution >= 4 is 22.7 Å². The predicted octanol–water partition coefficient (Wildman–Crippen LogP) is 3.54. The van der Waals surface area contributed by atoms with Crippen LogP contribution in [0, 0.1) is 11.3 Å². The molecule has 0 bridgehead atoms.